The summed E-state index contributed by atoms with van der Waals surface area (Å²) in [6, 6.07) is 7.08. The van der Waals surface area contributed by atoms with Gasteiger partial charge in [0, 0.05) is 12.1 Å². The minimum atomic E-state index is 0.405. The molecule has 0 aliphatic heterocycles. The van der Waals surface area contributed by atoms with E-state index in [1.54, 1.807) is 0 Å². The van der Waals surface area contributed by atoms with Crippen LogP contribution < -0.4 is 5.32 Å². The van der Waals surface area contributed by atoms with Crippen molar-refractivity contribution >= 4 is 0 Å². The second kappa shape index (κ2) is 5.54. The Labute approximate surface area is 116 Å². The summed E-state index contributed by atoms with van der Waals surface area (Å²) >= 11 is 0. The number of benzene rings is 1. The zero-order chi connectivity index (χ0) is 13.2. The molecule has 0 heterocycles. The maximum Gasteiger partial charge on any atom is 0.115 e. The average molecular weight is 259 g/mol. The molecule has 2 heteroatoms. The number of phenolic OH excluding ortho intramolecular Hbond substituents is 1. The standard InChI is InChI=1S/C17H25NO/c1-2-12-3-6-14(7-4-12)18-17-10-5-13-11-15(19)8-9-16(13)17/h8-9,11-12,14,17-19H,2-7,10H2,1H3. The lowest BCUT2D eigenvalue weighted by Crippen LogP contribution is -2.35. The summed E-state index contributed by atoms with van der Waals surface area (Å²) in [6.45, 7) is 2.32. The largest absolute Gasteiger partial charge is 0.508 e. The molecule has 3 rings (SSSR count). The Morgan fingerprint density at radius 2 is 1.95 bits per heavy atom. The molecule has 1 aromatic rings. The first-order valence-electron chi connectivity index (χ1n) is 7.84. The van der Waals surface area contributed by atoms with E-state index < -0.39 is 0 Å². The fraction of sp³-hybridized carbons (Fsp3) is 0.647. The van der Waals surface area contributed by atoms with Crippen molar-refractivity contribution in [3.8, 4) is 5.75 Å². The maximum atomic E-state index is 9.54. The van der Waals surface area contributed by atoms with Crippen LogP contribution in [-0.2, 0) is 6.42 Å². The number of aryl methyl sites for hydroxylation is 1. The molecule has 2 nitrogen and oxygen atoms in total. The Kier molecular flexibility index (Phi) is 3.79. The van der Waals surface area contributed by atoms with E-state index in [1.807, 2.05) is 12.1 Å². The van der Waals surface area contributed by atoms with E-state index in [4.69, 9.17) is 0 Å². The maximum absolute atomic E-state index is 9.54. The van der Waals surface area contributed by atoms with Crippen molar-refractivity contribution < 1.29 is 5.11 Å². The third-order valence-corrected chi connectivity index (χ3v) is 5.07. The van der Waals surface area contributed by atoms with Crippen molar-refractivity contribution in [3.05, 3.63) is 29.3 Å². The van der Waals surface area contributed by atoms with E-state index in [2.05, 4.69) is 18.3 Å². The van der Waals surface area contributed by atoms with Crippen LogP contribution in [0.5, 0.6) is 5.75 Å². The molecule has 2 N–H and O–H groups in total. The normalized spacial score (nSPS) is 30.3. The summed E-state index contributed by atoms with van der Waals surface area (Å²) in [5, 5.41) is 13.4. The Balaban J connectivity index is 1.61. The average Bonchev–Trinajstić information content (AvgIpc) is 2.82. The van der Waals surface area contributed by atoms with E-state index in [1.165, 1.54) is 49.7 Å². The molecular weight excluding hydrogens is 234 g/mol. The van der Waals surface area contributed by atoms with Crippen molar-refractivity contribution in [3.63, 3.8) is 0 Å². The molecule has 104 valence electrons. The molecule has 0 radical (unpaired) electrons. The molecule has 0 aromatic heterocycles. The first-order valence-corrected chi connectivity index (χ1v) is 7.84. The second-order valence-corrected chi connectivity index (χ2v) is 6.27. The summed E-state index contributed by atoms with van der Waals surface area (Å²) in [5.74, 6) is 1.37. The Morgan fingerprint density at radius 3 is 2.68 bits per heavy atom. The number of fused-ring (bicyclic) bond motifs is 1. The van der Waals surface area contributed by atoms with Crippen LogP contribution in [-0.4, -0.2) is 11.1 Å². The summed E-state index contributed by atoms with van der Waals surface area (Å²) in [7, 11) is 0. The molecule has 1 atom stereocenters. The molecule has 1 saturated carbocycles. The zero-order valence-corrected chi connectivity index (χ0v) is 11.9. The minimum absolute atomic E-state index is 0.405. The summed E-state index contributed by atoms with van der Waals surface area (Å²) in [5.41, 5.74) is 2.75. The molecule has 0 spiro atoms. The fourth-order valence-corrected chi connectivity index (χ4v) is 3.80. The first-order chi connectivity index (χ1) is 9.26. The summed E-state index contributed by atoms with van der Waals surface area (Å²) < 4.78 is 0. The van der Waals surface area contributed by atoms with Crippen molar-refractivity contribution in [1.29, 1.82) is 0 Å². The van der Waals surface area contributed by atoms with Gasteiger partial charge < -0.3 is 10.4 Å². The van der Waals surface area contributed by atoms with Crippen molar-refractivity contribution in [2.24, 2.45) is 5.92 Å². The van der Waals surface area contributed by atoms with Gasteiger partial charge >= 0.3 is 0 Å². The van der Waals surface area contributed by atoms with Crippen molar-refractivity contribution in [2.45, 2.75) is 64.0 Å². The zero-order valence-electron chi connectivity index (χ0n) is 11.9. The lowest BCUT2D eigenvalue weighted by molar-refractivity contribution is 0.269. The van der Waals surface area contributed by atoms with Gasteiger partial charge in [0.1, 0.15) is 5.75 Å². The van der Waals surface area contributed by atoms with Gasteiger partial charge in [-0.3, -0.25) is 0 Å². The van der Waals surface area contributed by atoms with Crippen LogP contribution in [0.2, 0.25) is 0 Å². The molecule has 1 fully saturated rings. The molecule has 2 aliphatic rings. The van der Waals surface area contributed by atoms with Gasteiger partial charge in [0.15, 0.2) is 0 Å². The van der Waals surface area contributed by atoms with Crippen molar-refractivity contribution in [2.75, 3.05) is 0 Å². The smallest absolute Gasteiger partial charge is 0.115 e. The number of phenols is 1. The van der Waals surface area contributed by atoms with Crippen molar-refractivity contribution in [1.82, 2.24) is 5.32 Å². The third kappa shape index (κ3) is 2.79. The highest BCUT2D eigenvalue weighted by atomic mass is 16.3. The lowest BCUT2D eigenvalue weighted by atomic mass is 9.84. The fourth-order valence-electron chi connectivity index (χ4n) is 3.80. The minimum Gasteiger partial charge on any atom is -0.508 e. The van der Waals surface area contributed by atoms with E-state index in [-0.39, 0.29) is 0 Å². The number of rotatable bonds is 3. The third-order valence-electron chi connectivity index (χ3n) is 5.07. The highest BCUT2D eigenvalue weighted by Gasteiger charge is 2.27. The molecule has 0 bridgehead atoms. The van der Waals surface area contributed by atoms with Crippen LogP contribution in [0.15, 0.2) is 18.2 Å². The number of hydrogen-bond donors (Lipinski definition) is 2. The van der Waals surface area contributed by atoms with Gasteiger partial charge in [-0.05, 0) is 67.7 Å². The van der Waals surface area contributed by atoms with Crippen LogP contribution in [0.4, 0.5) is 0 Å². The van der Waals surface area contributed by atoms with Crippen LogP contribution in [0, 0.1) is 5.92 Å². The SMILES string of the molecule is CCC1CCC(NC2CCc3cc(O)ccc32)CC1. The molecule has 2 aliphatic carbocycles. The number of aromatic hydroxyl groups is 1. The topological polar surface area (TPSA) is 32.3 Å². The van der Waals surface area contributed by atoms with Crippen LogP contribution in [0.25, 0.3) is 0 Å². The van der Waals surface area contributed by atoms with Gasteiger partial charge in [0.25, 0.3) is 0 Å². The molecular formula is C17H25NO. The first kappa shape index (κ1) is 13.0. The van der Waals surface area contributed by atoms with E-state index in [0.717, 1.165) is 12.3 Å². The van der Waals surface area contributed by atoms with E-state index in [9.17, 15) is 5.11 Å². The Hall–Kier alpha value is -1.02. The van der Waals surface area contributed by atoms with Gasteiger partial charge in [-0.25, -0.2) is 0 Å². The van der Waals surface area contributed by atoms with Gasteiger partial charge in [0.05, 0.1) is 0 Å². The van der Waals surface area contributed by atoms with Gasteiger partial charge in [-0.1, -0.05) is 19.4 Å². The highest BCUT2D eigenvalue weighted by Crippen LogP contribution is 2.35. The van der Waals surface area contributed by atoms with Crippen LogP contribution in [0.3, 0.4) is 0 Å². The second-order valence-electron chi connectivity index (χ2n) is 6.27. The van der Waals surface area contributed by atoms with Gasteiger partial charge in [0.2, 0.25) is 0 Å². The summed E-state index contributed by atoms with van der Waals surface area (Å²) in [4.78, 5) is 0. The van der Waals surface area contributed by atoms with E-state index >= 15 is 0 Å². The number of hydrogen-bond acceptors (Lipinski definition) is 2. The molecule has 0 amide bonds. The quantitative estimate of drug-likeness (QED) is 0.861. The van der Waals surface area contributed by atoms with Gasteiger partial charge in [-0.15, -0.1) is 0 Å². The highest BCUT2D eigenvalue weighted by molar-refractivity contribution is 5.40. The molecule has 0 saturated heterocycles. The Morgan fingerprint density at radius 1 is 1.16 bits per heavy atom. The van der Waals surface area contributed by atoms with E-state index in [0.29, 0.717) is 17.8 Å². The molecule has 19 heavy (non-hydrogen) atoms. The summed E-state index contributed by atoms with van der Waals surface area (Å²) in [6.07, 6.45) is 9.09. The monoisotopic (exact) mass is 259 g/mol. The molecule has 1 unspecified atom stereocenters. The lowest BCUT2D eigenvalue weighted by Gasteiger charge is -2.31. The van der Waals surface area contributed by atoms with Gasteiger partial charge in [-0.2, -0.15) is 0 Å². The molecule has 1 aromatic carbocycles. The predicted octanol–water partition coefficient (Wildman–Crippen LogP) is 3.94. The van der Waals surface area contributed by atoms with Crippen LogP contribution in [0.1, 0.15) is 62.6 Å². The predicted molar refractivity (Wildman–Crippen MR) is 78.3 cm³/mol. The number of nitrogens with one attached hydrogen (secondary N) is 1. The van der Waals surface area contributed by atoms with Crippen LogP contribution >= 0.6 is 0 Å². The Bertz CT molecular complexity index is 435.